The summed E-state index contributed by atoms with van der Waals surface area (Å²) in [6.45, 7) is 7.57. The van der Waals surface area contributed by atoms with Crippen LogP contribution in [-0.2, 0) is 4.74 Å². The van der Waals surface area contributed by atoms with Gasteiger partial charge in [0.05, 0.1) is 24.0 Å². The van der Waals surface area contributed by atoms with Gasteiger partial charge in [0, 0.05) is 19.6 Å². The van der Waals surface area contributed by atoms with Crippen LogP contribution in [0.5, 0.6) is 0 Å². The van der Waals surface area contributed by atoms with E-state index < -0.39 is 5.82 Å². The molecule has 1 aromatic rings. The Kier molecular flexibility index (Phi) is 5.12. The number of amides is 1. The van der Waals surface area contributed by atoms with E-state index in [1.54, 1.807) is 4.90 Å². The summed E-state index contributed by atoms with van der Waals surface area (Å²) < 4.78 is 19.1. The number of hydrogen-bond donors (Lipinski definition) is 1. The number of hydrogen-bond acceptors (Lipinski definition) is 4. The molecule has 0 aliphatic carbocycles. The summed E-state index contributed by atoms with van der Waals surface area (Å²) in [7, 11) is 0. The zero-order valence-corrected chi connectivity index (χ0v) is 12.7. The van der Waals surface area contributed by atoms with Crippen molar-refractivity contribution in [2.75, 3.05) is 25.0 Å². The fourth-order valence-electron chi connectivity index (χ4n) is 2.50. The number of carbonyl (C=O) groups is 1. The van der Waals surface area contributed by atoms with Crippen molar-refractivity contribution < 1.29 is 13.9 Å². The highest BCUT2D eigenvalue weighted by atomic mass is 19.1. The Morgan fingerprint density at radius 3 is 2.76 bits per heavy atom. The predicted octanol–water partition coefficient (Wildman–Crippen LogP) is 2.29. The molecule has 1 saturated heterocycles. The van der Waals surface area contributed by atoms with Crippen molar-refractivity contribution in [3.05, 3.63) is 23.6 Å². The lowest BCUT2D eigenvalue weighted by atomic mass is 10.1. The van der Waals surface area contributed by atoms with Gasteiger partial charge in [0.25, 0.3) is 5.91 Å². The summed E-state index contributed by atoms with van der Waals surface area (Å²) >= 11 is 0. The molecule has 0 radical (unpaired) electrons. The van der Waals surface area contributed by atoms with Crippen LogP contribution in [0.2, 0.25) is 0 Å². The molecule has 2 rings (SSSR count). The minimum atomic E-state index is -0.505. The van der Waals surface area contributed by atoms with Crippen LogP contribution in [0.1, 0.15) is 37.6 Å². The van der Waals surface area contributed by atoms with Crippen LogP contribution in [0.3, 0.4) is 0 Å². The number of pyridine rings is 1. The molecule has 0 spiro atoms. The van der Waals surface area contributed by atoms with Gasteiger partial charge in [-0.25, -0.2) is 9.37 Å². The summed E-state index contributed by atoms with van der Waals surface area (Å²) in [4.78, 5) is 18.4. The van der Waals surface area contributed by atoms with E-state index in [-0.39, 0.29) is 23.7 Å². The molecular formula is C15H22FN3O2. The number of halogens is 1. The summed E-state index contributed by atoms with van der Waals surface area (Å²) in [5, 5.41) is 3.08. The number of carbonyl (C=O) groups excluding carboxylic acids is 1. The van der Waals surface area contributed by atoms with Gasteiger partial charge in [-0.05, 0) is 26.3 Å². The zero-order valence-electron chi connectivity index (χ0n) is 12.7. The molecule has 0 aromatic carbocycles. The van der Waals surface area contributed by atoms with Gasteiger partial charge < -0.3 is 15.0 Å². The van der Waals surface area contributed by atoms with E-state index in [9.17, 15) is 9.18 Å². The first-order valence-electron chi connectivity index (χ1n) is 7.35. The molecule has 1 amide bonds. The number of nitrogens with zero attached hydrogens (tertiary/aromatic N) is 2. The average Bonchev–Trinajstić information content (AvgIpc) is 2.44. The lowest BCUT2D eigenvalue weighted by Gasteiger charge is -2.35. The quantitative estimate of drug-likeness (QED) is 0.926. The number of nitrogens with one attached hydrogen (secondary N) is 1. The van der Waals surface area contributed by atoms with Crippen LogP contribution in [0.15, 0.2) is 12.3 Å². The van der Waals surface area contributed by atoms with E-state index in [1.807, 2.05) is 20.8 Å². The van der Waals surface area contributed by atoms with E-state index in [4.69, 9.17) is 4.74 Å². The second-order valence-corrected chi connectivity index (χ2v) is 5.44. The number of ether oxygens (including phenoxy) is 1. The van der Waals surface area contributed by atoms with Gasteiger partial charge in [0.1, 0.15) is 11.6 Å². The van der Waals surface area contributed by atoms with Gasteiger partial charge in [0.2, 0.25) is 0 Å². The second kappa shape index (κ2) is 6.85. The third-order valence-corrected chi connectivity index (χ3v) is 3.33. The normalized spacial score (nSPS) is 22.2. The fourth-order valence-corrected chi connectivity index (χ4v) is 2.50. The van der Waals surface area contributed by atoms with Crippen molar-refractivity contribution in [1.82, 2.24) is 9.88 Å². The second-order valence-electron chi connectivity index (χ2n) is 5.44. The van der Waals surface area contributed by atoms with Gasteiger partial charge in [0.15, 0.2) is 0 Å². The molecule has 116 valence electrons. The molecule has 1 fully saturated rings. The van der Waals surface area contributed by atoms with E-state index in [1.165, 1.54) is 6.07 Å². The molecule has 0 bridgehead atoms. The largest absolute Gasteiger partial charge is 0.372 e. The predicted molar refractivity (Wildman–Crippen MR) is 78.9 cm³/mol. The Bertz CT molecular complexity index is 500. The molecule has 1 aliphatic heterocycles. The van der Waals surface area contributed by atoms with E-state index >= 15 is 0 Å². The van der Waals surface area contributed by atoms with Crippen LogP contribution in [0, 0.1) is 5.82 Å². The van der Waals surface area contributed by atoms with Gasteiger partial charge in [-0.15, -0.1) is 0 Å². The summed E-state index contributed by atoms with van der Waals surface area (Å²) in [5.41, 5.74) is 0.282. The molecule has 2 heterocycles. The van der Waals surface area contributed by atoms with Crippen molar-refractivity contribution in [3.8, 4) is 0 Å². The molecule has 1 N–H and O–H groups in total. The maximum absolute atomic E-state index is 13.5. The smallest absolute Gasteiger partial charge is 0.257 e. The monoisotopic (exact) mass is 295 g/mol. The minimum absolute atomic E-state index is 0.0220. The Labute approximate surface area is 124 Å². The maximum Gasteiger partial charge on any atom is 0.257 e. The van der Waals surface area contributed by atoms with Crippen molar-refractivity contribution in [2.45, 2.75) is 39.4 Å². The molecular weight excluding hydrogens is 273 g/mol. The van der Waals surface area contributed by atoms with Gasteiger partial charge in [-0.3, -0.25) is 4.79 Å². The SMILES string of the molecule is CCCNc1ncc(F)cc1C(=O)N1C[C@@H](C)O[C@@H](C)C1. The Hall–Kier alpha value is -1.69. The van der Waals surface area contributed by atoms with Crippen LogP contribution in [0.25, 0.3) is 0 Å². The minimum Gasteiger partial charge on any atom is -0.372 e. The topological polar surface area (TPSA) is 54.5 Å². The standard InChI is InChI=1S/C15H22FN3O2/c1-4-5-17-14-13(6-12(16)7-18-14)15(20)19-8-10(2)21-11(3)9-19/h6-7,10-11H,4-5,8-9H2,1-3H3,(H,17,18)/t10-,11+. The lowest BCUT2D eigenvalue weighted by molar-refractivity contribution is -0.0586. The summed E-state index contributed by atoms with van der Waals surface area (Å²) in [6, 6.07) is 1.25. The first-order valence-corrected chi connectivity index (χ1v) is 7.35. The molecule has 6 heteroatoms. The number of rotatable bonds is 4. The third kappa shape index (κ3) is 3.91. The van der Waals surface area contributed by atoms with E-state index in [0.29, 0.717) is 25.5 Å². The average molecular weight is 295 g/mol. The first kappa shape index (κ1) is 15.7. The van der Waals surface area contributed by atoms with E-state index in [0.717, 1.165) is 12.6 Å². The molecule has 0 saturated carbocycles. The third-order valence-electron chi connectivity index (χ3n) is 3.33. The van der Waals surface area contributed by atoms with Gasteiger partial charge in [-0.1, -0.05) is 6.92 Å². The fraction of sp³-hybridized carbons (Fsp3) is 0.600. The molecule has 1 aliphatic rings. The highest BCUT2D eigenvalue weighted by Crippen LogP contribution is 2.19. The van der Waals surface area contributed by atoms with Gasteiger partial charge in [-0.2, -0.15) is 0 Å². The van der Waals surface area contributed by atoms with Crippen molar-refractivity contribution in [2.24, 2.45) is 0 Å². The van der Waals surface area contributed by atoms with Crippen molar-refractivity contribution in [3.63, 3.8) is 0 Å². The number of anilines is 1. The Balaban J connectivity index is 2.22. The van der Waals surface area contributed by atoms with Crippen LogP contribution < -0.4 is 5.32 Å². The Morgan fingerprint density at radius 2 is 2.14 bits per heavy atom. The molecule has 0 unspecified atom stereocenters. The lowest BCUT2D eigenvalue weighted by Crippen LogP contribution is -2.48. The van der Waals surface area contributed by atoms with Crippen molar-refractivity contribution in [1.29, 1.82) is 0 Å². The zero-order chi connectivity index (χ0) is 15.4. The number of aromatic nitrogens is 1. The maximum atomic E-state index is 13.5. The molecule has 5 nitrogen and oxygen atoms in total. The highest BCUT2D eigenvalue weighted by molar-refractivity contribution is 5.98. The number of morpholine rings is 1. The van der Waals surface area contributed by atoms with Gasteiger partial charge >= 0.3 is 0 Å². The molecule has 21 heavy (non-hydrogen) atoms. The van der Waals surface area contributed by atoms with Crippen LogP contribution in [-0.4, -0.2) is 47.6 Å². The van der Waals surface area contributed by atoms with E-state index in [2.05, 4.69) is 10.3 Å². The van der Waals surface area contributed by atoms with Crippen molar-refractivity contribution >= 4 is 11.7 Å². The molecule has 1 aromatic heterocycles. The van der Waals surface area contributed by atoms with Crippen LogP contribution in [0.4, 0.5) is 10.2 Å². The van der Waals surface area contributed by atoms with Crippen LogP contribution >= 0.6 is 0 Å². The highest BCUT2D eigenvalue weighted by Gasteiger charge is 2.28. The molecule has 2 atom stereocenters. The summed E-state index contributed by atoms with van der Waals surface area (Å²) in [5.74, 6) is -0.271. The first-order chi connectivity index (χ1) is 10.0. The summed E-state index contributed by atoms with van der Waals surface area (Å²) in [6.07, 6.45) is 1.98. The Morgan fingerprint density at radius 1 is 1.48 bits per heavy atom.